The molecule has 0 aromatic carbocycles. The SMILES string of the molecule is CCCCCCCCCCCCCCCCCCCCCCCCCCC(O)C(CO)NC(=O)CCCCCCCCCCCCCCC/C=C\C/C=C\CCCCCCCCCCCOC(=O)CCCCCCCCCCCCCCCCC. The molecular weight excluding hydrogens is 1040 g/mol. The van der Waals surface area contributed by atoms with E-state index in [0.717, 1.165) is 44.9 Å². The summed E-state index contributed by atoms with van der Waals surface area (Å²) in [6.07, 6.45) is 95.4. The highest BCUT2D eigenvalue weighted by Crippen LogP contribution is 2.20. The molecule has 0 fully saturated rings. The lowest BCUT2D eigenvalue weighted by atomic mass is 10.0. The Kier molecular flexibility index (Phi) is 73.3. The van der Waals surface area contributed by atoms with E-state index in [9.17, 15) is 19.8 Å². The summed E-state index contributed by atoms with van der Waals surface area (Å²) in [7, 11) is 0. The Bertz CT molecular complexity index is 1330. The van der Waals surface area contributed by atoms with E-state index in [2.05, 4.69) is 43.5 Å². The Morgan fingerprint density at radius 1 is 0.329 bits per heavy atom. The van der Waals surface area contributed by atoms with Crippen LogP contribution in [0.3, 0.4) is 0 Å². The summed E-state index contributed by atoms with van der Waals surface area (Å²) in [5.41, 5.74) is 0. The minimum Gasteiger partial charge on any atom is -0.466 e. The van der Waals surface area contributed by atoms with Gasteiger partial charge in [0, 0.05) is 12.8 Å². The number of hydrogen-bond acceptors (Lipinski definition) is 5. The van der Waals surface area contributed by atoms with Gasteiger partial charge in [0.25, 0.3) is 0 Å². The van der Waals surface area contributed by atoms with Gasteiger partial charge in [-0.05, 0) is 57.8 Å². The molecular formula is C79H153NO5. The number of unbranched alkanes of at least 4 members (excludes halogenated alkanes) is 59. The van der Waals surface area contributed by atoms with E-state index in [0.29, 0.717) is 25.9 Å². The van der Waals surface area contributed by atoms with Crippen molar-refractivity contribution in [1.29, 1.82) is 0 Å². The minimum absolute atomic E-state index is 0.0160. The van der Waals surface area contributed by atoms with Crippen molar-refractivity contribution in [3.63, 3.8) is 0 Å². The molecule has 0 saturated carbocycles. The normalized spacial score (nSPS) is 12.6. The fraction of sp³-hybridized carbons (Fsp3) is 0.924. The van der Waals surface area contributed by atoms with Crippen LogP contribution in [-0.4, -0.2) is 47.4 Å². The van der Waals surface area contributed by atoms with Crippen molar-refractivity contribution in [2.75, 3.05) is 13.2 Å². The van der Waals surface area contributed by atoms with E-state index in [1.165, 1.54) is 366 Å². The van der Waals surface area contributed by atoms with Crippen molar-refractivity contribution >= 4 is 11.9 Å². The summed E-state index contributed by atoms with van der Waals surface area (Å²) < 4.78 is 5.50. The highest BCUT2D eigenvalue weighted by Gasteiger charge is 2.20. The van der Waals surface area contributed by atoms with Gasteiger partial charge in [-0.1, -0.05) is 398 Å². The average molecular weight is 1200 g/mol. The fourth-order valence-electron chi connectivity index (χ4n) is 12.6. The third-order valence-corrected chi connectivity index (χ3v) is 18.5. The van der Waals surface area contributed by atoms with Crippen LogP contribution in [0.4, 0.5) is 0 Å². The predicted molar refractivity (Wildman–Crippen MR) is 375 cm³/mol. The molecule has 0 bridgehead atoms. The van der Waals surface area contributed by atoms with E-state index in [1.807, 2.05) is 0 Å². The zero-order valence-electron chi connectivity index (χ0n) is 57.9. The quantitative estimate of drug-likeness (QED) is 0.0320. The summed E-state index contributed by atoms with van der Waals surface area (Å²) in [4.78, 5) is 24.7. The molecule has 0 aromatic rings. The maximum atomic E-state index is 12.6. The fourth-order valence-corrected chi connectivity index (χ4v) is 12.6. The molecule has 0 aliphatic carbocycles. The number of nitrogens with one attached hydrogen (secondary N) is 1. The molecule has 0 saturated heterocycles. The number of allylic oxidation sites excluding steroid dienone is 4. The van der Waals surface area contributed by atoms with Crippen LogP contribution in [0.25, 0.3) is 0 Å². The molecule has 1 amide bonds. The number of carbonyl (C=O) groups excluding carboxylic acids is 2. The maximum absolute atomic E-state index is 12.6. The molecule has 3 N–H and O–H groups in total. The van der Waals surface area contributed by atoms with Gasteiger partial charge in [0.2, 0.25) is 5.91 Å². The second-order valence-electron chi connectivity index (χ2n) is 27.0. The Labute approximate surface area is 532 Å². The zero-order valence-corrected chi connectivity index (χ0v) is 57.9. The van der Waals surface area contributed by atoms with Crippen molar-refractivity contribution in [3.8, 4) is 0 Å². The van der Waals surface area contributed by atoms with Crippen molar-refractivity contribution in [2.45, 2.75) is 456 Å². The van der Waals surface area contributed by atoms with Gasteiger partial charge in [-0.2, -0.15) is 0 Å². The molecule has 2 unspecified atom stereocenters. The first-order valence-corrected chi connectivity index (χ1v) is 39.1. The van der Waals surface area contributed by atoms with Crippen LogP contribution >= 0.6 is 0 Å². The van der Waals surface area contributed by atoms with Gasteiger partial charge in [0.15, 0.2) is 0 Å². The Balaban J connectivity index is 3.39. The number of aliphatic hydroxyl groups is 2. The van der Waals surface area contributed by atoms with Crippen LogP contribution in [0, 0.1) is 0 Å². The van der Waals surface area contributed by atoms with Crippen molar-refractivity contribution < 1.29 is 24.5 Å². The van der Waals surface area contributed by atoms with Gasteiger partial charge in [0.05, 0.1) is 25.4 Å². The van der Waals surface area contributed by atoms with Gasteiger partial charge in [0.1, 0.15) is 0 Å². The van der Waals surface area contributed by atoms with Crippen LogP contribution in [-0.2, 0) is 14.3 Å². The third kappa shape index (κ3) is 71.3. The lowest BCUT2D eigenvalue weighted by molar-refractivity contribution is -0.143. The van der Waals surface area contributed by atoms with E-state index in [1.54, 1.807) is 0 Å². The summed E-state index contributed by atoms with van der Waals surface area (Å²) in [6, 6.07) is -0.544. The van der Waals surface area contributed by atoms with Crippen LogP contribution in [0.15, 0.2) is 24.3 Å². The van der Waals surface area contributed by atoms with Gasteiger partial charge < -0.3 is 20.3 Å². The van der Waals surface area contributed by atoms with Crippen LogP contribution < -0.4 is 5.32 Å². The molecule has 0 aliphatic rings. The topological polar surface area (TPSA) is 95.9 Å². The molecule has 0 aliphatic heterocycles. The van der Waals surface area contributed by atoms with Crippen LogP contribution in [0.5, 0.6) is 0 Å². The van der Waals surface area contributed by atoms with Crippen LogP contribution in [0.2, 0.25) is 0 Å². The van der Waals surface area contributed by atoms with Crippen molar-refractivity contribution in [3.05, 3.63) is 24.3 Å². The van der Waals surface area contributed by atoms with Gasteiger partial charge >= 0.3 is 5.97 Å². The maximum Gasteiger partial charge on any atom is 0.305 e. The number of carbonyl (C=O) groups is 2. The Morgan fingerprint density at radius 3 is 0.894 bits per heavy atom. The molecule has 0 heterocycles. The summed E-state index contributed by atoms with van der Waals surface area (Å²) >= 11 is 0. The molecule has 0 aromatic heterocycles. The second-order valence-corrected chi connectivity index (χ2v) is 27.0. The van der Waals surface area contributed by atoms with Crippen molar-refractivity contribution in [2.24, 2.45) is 0 Å². The largest absolute Gasteiger partial charge is 0.466 e. The van der Waals surface area contributed by atoms with E-state index in [4.69, 9.17) is 4.74 Å². The zero-order chi connectivity index (χ0) is 61.3. The molecule has 2 atom stereocenters. The highest BCUT2D eigenvalue weighted by molar-refractivity contribution is 5.76. The molecule has 6 nitrogen and oxygen atoms in total. The van der Waals surface area contributed by atoms with Crippen LogP contribution in [0.1, 0.15) is 444 Å². The number of ether oxygens (including phenoxy) is 1. The molecule has 6 heteroatoms. The second kappa shape index (κ2) is 74.8. The number of rotatable bonds is 74. The molecule has 504 valence electrons. The van der Waals surface area contributed by atoms with Gasteiger partial charge in [-0.15, -0.1) is 0 Å². The predicted octanol–water partition coefficient (Wildman–Crippen LogP) is 25.7. The Morgan fingerprint density at radius 2 is 0.588 bits per heavy atom. The first-order valence-electron chi connectivity index (χ1n) is 39.1. The monoisotopic (exact) mass is 1200 g/mol. The number of esters is 1. The number of hydrogen-bond donors (Lipinski definition) is 3. The van der Waals surface area contributed by atoms with E-state index in [-0.39, 0.29) is 18.5 Å². The van der Waals surface area contributed by atoms with E-state index < -0.39 is 12.1 Å². The Hall–Kier alpha value is -1.66. The highest BCUT2D eigenvalue weighted by atomic mass is 16.5. The van der Waals surface area contributed by atoms with Gasteiger partial charge in [-0.3, -0.25) is 9.59 Å². The lowest BCUT2D eigenvalue weighted by Gasteiger charge is -2.22. The first-order chi connectivity index (χ1) is 42.0. The average Bonchev–Trinajstić information content (AvgIpc) is 3.51. The minimum atomic E-state index is -0.667. The smallest absolute Gasteiger partial charge is 0.305 e. The van der Waals surface area contributed by atoms with Crippen molar-refractivity contribution in [1.82, 2.24) is 5.32 Å². The summed E-state index contributed by atoms with van der Waals surface area (Å²) in [5, 5.41) is 23.5. The van der Waals surface area contributed by atoms with E-state index >= 15 is 0 Å². The molecule has 0 rings (SSSR count). The summed E-state index contributed by atoms with van der Waals surface area (Å²) in [6.45, 7) is 5.00. The third-order valence-electron chi connectivity index (χ3n) is 18.5. The summed E-state index contributed by atoms with van der Waals surface area (Å²) in [5.74, 6) is -0.0144. The molecule has 85 heavy (non-hydrogen) atoms. The molecule has 0 radical (unpaired) electrons. The van der Waals surface area contributed by atoms with Gasteiger partial charge in [-0.25, -0.2) is 0 Å². The number of amides is 1. The standard InChI is InChI=1S/C79H153NO5/c1-3-5-7-9-11-13-15-17-19-20-21-22-23-31-34-37-40-44-47-51-55-59-63-67-71-77(82)76(75-81)80-78(83)72-68-64-60-56-52-48-45-41-38-35-32-29-27-25-24-26-28-30-33-36-39-42-46-50-54-58-62-66-70-74-85-79(84)73-69-65-61-57-53-49-43-18-16-14-12-10-8-6-4-2/h24,26,30,33,76-77,81-82H,3-23,25,27-29,31-32,34-75H2,1-2H3,(H,80,83)/b26-24-,33-30-. The lowest BCUT2D eigenvalue weighted by Crippen LogP contribution is -2.45. The molecule has 0 spiro atoms. The number of aliphatic hydroxyl groups excluding tert-OH is 2. The first kappa shape index (κ1) is 83.3.